The highest BCUT2D eigenvalue weighted by molar-refractivity contribution is 5.39. The quantitative estimate of drug-likeness (QED) is 0.909. The van der Waals surface area contributed by atoms with Gasteiger partial charge in [0.15, 0.2) is 0 Å². The summed E-state index contributed by atoms with van der Waals surface area (Å²) in [4.78, 5) is 4.28. The third kappa shape index (κ3) is 3.42. The van der Waals surface area contributed by atoms with Gasteiger partial charge in [0, 0.05) is 12.2 Å². The number of benzene rings is 1. The predicted octanol–water partition coefficient (Wildman–Crippen LogP) is 3.65. The minimum atomic E-state index is 0.503. The van der Waals surface area contributed by atoms with Gasteiger partial charge in [-0.25, -0.2) is 0 Å². The van der Waals surface area contributed by atoms with Crippen molar-refractivity contribution in [2.75, 3.05) is 6.54 Å². The molecular formula is C18H22N2O. The van der Waals surface area contributed by atoms with Crippen LogP contribution >= 0.6 is 0 Å². The number of rotatable bonds is 5. The zero-order chi connectivity index (χ0) is 14.5. The lowest BCUT2D eigenvalue weighted by atomic mass is 9.87. The standard InChI is InChI=1S/C18H22N2O/c1-2-19-18-8-5-6-14-12-16(9-10-17(14)18)21-13-15-7-3-4-11-20-15/h3-4,7,9-12,18-19H,2,5-6,8,13H2,1H3. The van der Waals surface area contributed by atoms with E-state index in [1.54, 1.807) is 6.20 Å². The number of hydrogen-bond donors (Lipinski definition) is 1. The van der Waals surface area contributed by atoms with E-state index in [4.69, 9.17) is 4.74 Å². The molecule has 21 heavy (non-hydrogen) atoms. The molecule has 1 N–H and O–H groups in total. The zero-order valence-electron chi connectivity index (χ0n) is 12.5. The van der Waals surface area contributed by atoms with Crippen LogP contribution in [0.5, 0.6) is 5.75 Å². The van der Waals surface area contributed by atoms with Gasteiger partial charge in [-0.05, 0) is 61.2 Å². The van der Waals surface area contributed by atoms with E-state index in [1.807, 2.05) is 18.2 Å². The predicted molar refractivity (Wildman–Crippen MR) is 84.4 cm³/mol. The summed E-state index contributed by atoms with van der Waals surface area (Å²) >= 11 is 0. The van der Waals surface area contributed by atoms with Gasteiger partial charge in [0.25, 0.3) is 0 Å². The molecule has 1 atom stereocenters. The normalized spacial score (nSPS) is 17.3. The zero-order valence-corrected chi connectivity index (χ0v) is 12.5. The molecule has 1 unspecified atom stereocenters. The van der Waals surface area contributed by atoms with Crippen LogP contribution in [-0.4, -0.2) is 11.5 Å². The first kappa shape index (κ1) is 14.1. The molecule has 2 aromatic rings. The number of fused-ring (bicyclic) bond motifs is 1. The second-order valence-electron chi connectivity index (χ2n) is 5.47. The smallest absolute Gasteiger partial charge is 0.130 e. The number of pyridine rings is 1. The van der Waals surface area contributed by atoms with Crippen molar-refractivity contribution in [2.24, 2.45) is 0 Å². The van der Waals surface area contributed by atoms with E-state index in [-0.39, 0.29) is 0 Å². The van der Waals surface area contributed by atoms with E-state index in [9.17, 15) is 0 Å². The Morgan fingerprint density at radius 1 is 1.29 bits per heavy atom. The Morgan fingerprint density at radius 2 is 2.24 bits per heavy atom. The summed E-state index contributed by atoms with van der Waals surface area (Å²) < 4.78 is 5.87. The summed E-state index contributed by atoms with van der Waals surface area (Å²) in [6.45, 7) is 3.71. The summed E-state index contributed by atoms with van der Waals surface area (Å²) in [5.74, 6) is 0.941. The maximum Gasteiger partial charge on any atom is 0.130 e. The summed E-state index contributed by atoms with van der Waals surface area (Å²) in [7, 11) is 0. The van der Waals surface area contributed by atoms with E-state index in [0.29, 0.717) is 12.6 Å². The Kier molecular flexibility index (Phi) is 4.51. The van der Waals surface area contributed by atoms with Crippen molar-refractivity contribution in [3.05, 3.63) is 59.4 Å². The van der Waals surface area contributed by atoms with Crippen molar-refractivity contribution in [1.29, 1.82) is 0 Å². The molecule has 3 heteroatoms. The number of aromatic nitrogens is 1. The van der Waals surface area contributed by atoms with Crippen molar-refractivity contribution in [3.63, 3.8) is 0 Å². The average Bonchev–Trinajstić information content (AvgIpc) is 2.54. The molecular weight excluding hydrogens is 260 g/mol. The monoisotopic (exact) mass is 282 g/mol. The number of nitrogens with zero attached hydrogens (tertiary/aromatic N) is 1. The lowest BCUT2D eigenvalue weighted by molar-refractivity contribution is 0.300. The van der Waals surface area contributed by atoms with Crippen LogP contribution in [0.25, 0.3) is 0 Å². The molecule has 1 aliphatic carbocycles. The summed E-state index contributed by atoms with van der Waals surface area (Å²) in [5, 5.41) is 3.57. The molecule has 1 aliphatic rings. The van der Waals surface area contributed by atoms with Gasteiger partial charge < -0.3 is 10.1 Å². The summed E-state index contributed by atoms with van der Waals surface area (Å²) in [6, 6.07) is 12.9. The molecule has 110 valence electrons. The van der Waals surface area contributed by atoms with E-state index in [1.165, 1.54) is 24.0 Å². The van der Waals surface area contributed by atoms with Crippen LogP contribution in [0.4, 0.5) is 0 Å². The van der Waals surface area contributed by atoms with Gasteiger partial charge in [-0.3, -0.25) is 4.98 Å². The van der Waals surface area contributed by atoms with Gasteiger partial charge in [0.05, 0.1) is 5.69 Å². The van der Waals surface area contributed by atoms with Crippen molar-refractivity contribution in [2.45, 2.75) is 38.8 Å². The maximum absolute atomic E-state index is 5.87. The highest BCUT2D eigenvalue weighted by Gasteiger charge is 2.19. The van der Waals surface area contributed by atoms with Crippen molar-refractivity contribution in [1.82, 2.24) is 10.3 Å². The number of nitrogens with one attached hydrogen (secondary N) is 1. The lowest BCUT2D eigenvalue weighted by Gasteiger charge is -2.26. The maximum atomic E-state index is 5.87. The number of aryl methyl sites for hydroxylation is 1. The highest BCUT2D eigenvalue weighted by atomic mass is 16.5. The van der Waals surface area contributed by atoms with Crippen LogP contribution in [0.15, 0.2) is 42.6 Å². The first-order chi connectivity index (χ1) is 10.4. The van der Waals surface area contributed by atoms with Gasteiger partial charge in [0.1, 0.15) is 12.4 Å². The minimum Gasteiger partial charge on any atom is -0.487 e. The molecule has 0 amide bonds. The molecule has 0 saturated carbocycles. The number of ether oxygens (including phenoxy) is 1. The van der Waals surface area contributed by atoms with Crippen LogP contribution in [0.1, 0.15) is 42.6 Å². The third-order valence-corrected chi connectivity index (χ3v) is 3.99. The van der Waals surface area contributed by atoms with Crippen LogP contribution in [0.3, 0.4) is 0 Å². The van der Waals surface area contributed by atoms with Crippen LogP contribution in [0, 0.1) is 0 Å². The summed E-state index contributed by atoms with van der Waals surface area (Å²) in [5.41, 5.74) is 3.82. The molecule has 3 nitrogen and oxygen atoms in total. The fraction of sp³-hybridized carbons (Fsp3) is 0.389. The fourth-order valence-corrected chi connectivity index (χ4v) is 2.98. The molecule has 0 bridgehead atoms. The Balaban J connectivity index is 1.71. The Morgan fingerprint density at radius 3 is 3.05 bits per heavy atom. The molecule has 0 aliphatic heterocycles. The van der Waals surface area contributed by atoms with Gasteiger partial charge >= 0.3 is 0 Å². The lowest BCUT2D eigenvalue weighted by Crippen LogP contribution is -2.24. The third-order valence-electron chi connectivity index (χ3n) is 3.99. The van der Waals surface area contributed by atoms with Gasteiger partial charge in [-0.1, -0.05) is 19.1 Å². The molecule has 1 aromatic carbocycles. The minimum absolute atomic E-state index is 0.503. The van der Waals surface area contributed by atoms with E-state index in [2.05, 4.69) is 35.4 Å². The van der Waals surface area contributed by atoms with Crippen LogP contribution in [0.2, 0.25) is 0 Å². The largest absolute Gasteiger partial charge is 0.487 e. The molecule has 1 aromatic heterocycles. The first-order valence-corrected chi connectivity index (χ1v) is 7.75. The second-order valence-corrected chi connectivity index (χ2v) is 5.47. The topological polar surface area (TPSA) is 34.1 Å². The molecule has 0 spiro atoms. The van der Waals surface area contributed by atoms with Crippen molar-refractivity contribution in [3.8, 4) is 5.75 Å². The molecule has 0 fully saturated rings. The molecule has 1 heterocycles. The summed E-state index contributed by atoms with van der Waals surface area (Å²) in [6.07, 6.45) is 5.42. The van der Waals surface area contributed by atoms with E-state index in [0.717, 1.165) is 24.4 Å². The Labute approximate surface area is 126 Å². The Bertz CT molecular complexity index is 583. The van der Waals surface area contributed by atoms with Gasteiger partial charge in [-0.15, -0.1) is 0 Å². The van der Waals surface area contributed by atoms with Crippen LogP contribution in [-0.2, 0) is 13.0 Å². The van der Waals surface area contributed by atoms with E-state index < -0.39 is 0 Å². The molecule has 0 radical (unpaired) electrons. The second kappa shape index (κ2) is 6.72. The van der Waals surface area contributed by atoms with Crippen LogP contribution < -0.4 is 10.1 Å². The fourth-order valence-electron chi connectivity index (χ4n) is 2.98. The first-order valence-electron chi connectivity index (χ1n) is 7.75. The number of hydrogen-bond acceptors (Lipinski definition) is 3. The van der Waals surface area contributed by atoms with E-state index >= 15 is 0 Å². The average molecular weight is 282 g/mol. The molecule has 0 saturated heterocycles. The highest BCUT2D eigenvalue weighted by Crippen LogP contribution is 2.32. The van der Waals surface area contributed by atoms with Gasteiger partial charge in [0.2, 0.25) is 0 Å². The van der Waals surface area contributed by atoms with Gasteiger partial charge in [-0.2, -0.15) is 0 Å². The SMILES string of the molecule is CCNC1CCCc2cc(OCc3ccccn3)ccc21. The molecule has 3 rings (SSSR count). The van der Waals surface area contributed by atoms with Crippen molar-refractivity contribution < 1.29 is 4.74 Å². The Hall–Kier alpha value is -1.87. The van der Waals surface area contributed by atoms with Crippen molar-refractivity contribution >= 4 is 0 Å².